The summed E-state index contributed by atoms with van der Waals surface area (Å²) in [7, 11) is 4.07. The molecular formula is C23H26ClN3OS. The number of halogens is 1. The van der Waals surface area contributed by atoms with Crippen LogP contribution >= 0.6 is 22.9 Å². The first-order valence-electron chi connectivity index (χ1n) is 9.76. The van der Waals surface area contributed by atoms with E-state index >= 15 is 0 Å². The van der Waals surface area contributed by atoms with E-state index in [-0.39, 0.29) is 5.91 Å². The standard InChI is InChI=1S/C23H26ClN3OS/c1-4-17-10-12-20-21(16-17)29-23(25-20)27(15-7-14-26(2)3)22(28)13-11-18-8-5-6-9-19(18)24/h5-6,8-13,16H,4,7,14-15H2,1-3H3. The number of hydrogen-bond donors (Lipinski definition) is 0. The number of carbonyl (C=O) groups is 1. The highest BCUT2D eigenvalue weighted by Crippen LogP contribution is 2.30. The van der Waals surface area contributed by atoms with E-state index in [2.05, 4.69) is 24.0 Å². The van der Waals surface area contributed by atoms with E-state index in [0.717, 1.165) is 40.3 Å². The summed E-state index contributed by atoms with van der Waals surface area (Å²) in [4.78, 5) is 21.7. The number of amides is 1. The fourth-order valence-electron chi connectivity index (χ4n) is 3.00. The maximum atomic E-state index is 13.1. The van der Waals surface area contributed by atoms with Crippen molar-refractivity contribution in [1.82, 2.24) is 9.88 Å². The number of fused-ring (bicyclic) bond motifs is 1. The van der Waals surface area contributed by atoms with Gasteiger partial charge in [-0.1, -0.05) is 54.1 Å². The molecule has 3 aromatic rings. The summed E-state index contributed by atoms with van der Waals surface area (Å²) in [6.45, 7) is 3.66. The molecule has 0 aliphatic carbocycles. The van der Waals surface area contributed by atoms with E-state index in [9.17, 15) is 4.79 Å². The van der Waals surface area contributed by atoms with Crippen molar-refractivity contribution in [3.05, 3.63) is 64.7 Å². The predicted molar refractivity (Wildman–Crippen MR) is 125 cm³/mol. The minimum atomic E-state index is -0.0848. The quantitative estimate of drug-likeness (QED) is 0.444. The van der Waals surface area contributed by atoms with Gasteiger partial charge in [0.15, 0.2) is 5.13 Å². The Hall–Kier alpha value is -2.21. The topological polar surface area (TPSA) is 36.4 Å². The normalized spacial score (nSPS) is 11.6. The maximum absolute atomic E-state index is 13.1. The Labute approximate surface area is 181 Å². The SMILES string of the molecule is CCc1ccc2nc(N(CCCN(C)C)C(=O)C=Cc3ccccc3Cl)sc2c1. The summed E-state index contributed by atoms with van der Waals surface area (Å²) in [5.41, 5.74) is 3.03. The molecule has 1 amide bonds. The highest BCUT2D eigenvalue weighted by Gasteiger charge is 2.18. The Morgan fingerprint density at radius 3 is 2.69 bits per heavy atom. The molecule has 0 aliphatic heterocycles. The Bertz CT molecular complexity index is 1010. The second-order valence-corrected chi connectivity index (χ2v) is 8.57. The number of carbonyl (C=O) groups excluding carboxylic acids is 1. The van der Waals surface area contributed by atoms with Crippen molar-refractivity contribution in [2.45, 2.75) is 19.8 Å². The predicted octanol–water partition coefficient (Wildman–Crippen LogP) is 5.51. The first kappa shape index (κ1) is 21.5. The molecule has 0 spiro atoms. The fourth-order valence-corrected chi connectivity index (χ4v) is 4.26. The van der Waals surface area contributed by atoms with Gasteiger partial charge in [0.2, 0.25) is 0 Å². The Morgan fingerprint density at radius 2 is 1.97 bits per heavy atom. The summed E-state index contributed by atoms with van der Waals surface area (Å²) >= 11 is 7.78. The van der Waals surface area contributed by atoms with Gasteiger partial charge in [-0.15, -0.1) is 0 Å². The van der Waals surface area contributed by atoms with Crippen LogP contribution in [0.2, 0.25) is 5.02 Å². The number of thiazole rings is 1. The van der Waals surface area contributed by atoms with Crippen molar-refractivity contribution < 1.29 is 4.79 Å². The van der Waals surface area contributed by atoms with E-state index in [4.69, 9.17) is 16.6 Å². The molecule has 0 unspecified atom stereocenters. The molecule has 152 valence electrons. The number of anilines is 1. The molecule has 0 saturated heterocycles. The van der Waals surface area contributed by atoms with Gasteiger partial charge in [0.05, 0.1) is 10.2 Å². The second-order valence-electron chi connectivity index (χ2n) is 7.15. The van der Waals surface area contributed by atoms with Gasteiger partial charge in [-0.25, -0.2) is 4.98 Å². The van der Waals surface area contributed by atoms with Crippen molar-refractivity contribution in [3.8, 4) is 0 Å². The van der Waals surface area contributed by atoms with Crippen LogP contribution in [0.1, 0.15) is 24.5 Å². The number of nitrogens with zero attached hydrogens (tertiary/aromatic N) is 3. The minimum Gasteiger partial charge on any atom is -0.309 e. The van der Waals surface area contributed by atoms with Gasteiger partial charge in [-0.3, -0.25) is 9.69 Å². The highest BCUT2D eigenvalue weighted by molar-refractivity contribution is 7.22. The van der Waals surface area contributed by atoms with Crippen LogP contribution in [0.15, 0.2) is 48.5 Å². The molecule has 0 radical (unpaired) electrons. The van der Waals surface area contributed by atoms with Crippen LogP contribution in [0, 0.1) is 0 Å². The van der Waals surface area contributed by atoms with Gasteiger partial charge >= 0.3 is 0 Å². The zero-order valence-electron chi connectivity index (χ0n) is 17.1. The molecule has 0 saturated carbocycles. The minimum absolute atomic E-state index is 0.0848. The third-order valence-corrected chi connectivity index (χ3v) is 6.03. The lowest BCUT2D eigenvalue weighted by Crippen LogP contribution is -2.32. The largest absolute Gasteiger partial charge is 0.309 e. The van der Waals surface area contributed by atoms with Gasteiger partial charge in [-0.05, 0) is 68.9 Å². The molecule has 0 atom stereocenters. The van der Waals surface area contributed by atoms with Crippen molar-refractivity contribution in [1.29, 1.82) is 0 Å². The molecule has 0 bridgehead atoms. The van der Waals surface area contributed by atoms with Crippen LogP contribution < -0.4 is 4.90 Å². The average molecular weight is 428 g/mol. The van der Waals surface area contributed by atoms with Gasteiger partial charge in [0, 0.05) is 17.6 Å². The molecule has 6 heteroatoms. The molecule has 3 rings (SSSR count). The van der Waals surface area contributed by atoms with E-state index in [1.165, 1.54) is 5.56 Å². The molecular weight excluding hydrogens is 402 g/mol. The molecule has 0 N–H and O–H groups in total. The van der Waals surface area contributed by atoms with E-state index < -0.39 is 0 Å². The van der Waals surface area contributed by atoms with Crippen LogP contribution in [0.4, 0.5) is 5.13 Å². The van der Waals surface area contributed by atoms with E-state index in [1.807, 2.05) is 44.4 Å². The van der Waals surface area contributed by atoms with Crippen molar-refractivity contribution in [2.75, 3.05) is 32.1 Å². The van der Waals surface area contributed by atoms with Crippen LogP contribution in [0.5, 0.6) is 0 Å². The van der Waals surface area contributed by atoms with Crippen LogP contribution in [-0.2, 0) is 11.2 Å². The van der Waals surface area contributed by atoms with Gasteiger partial charge in [-0.2, -0.15) is 0 Å². The molecule has 1 aromatic heterocycles. The lowest BCUT2D eigenvalue weighted by Gasteiger charge is -2.19. The number of rotatable bonds is 8. The highest BCUT2D eigenvalue weighted by atomic mass is 35.5. The number of hydrogen-bond acceptors (Lipinski definition) is 4. The monoisotopic (exact) mass is 427 g/mol. The molecule has 0 fully saturated rings. The maximum Gasteiger partial charge on any atom is 0.252 e. The zero-order chi connectivity index (χ0) is 20.8. The Balaban J connectivity index is 1.87. The van der Waals surface area contributed by atoms with Crippen molar-refractivity contribution in [3.63, 3.8) is 0 Å². The average Bonchev–Trinajstić information content (AvgIpc) is 3.12. The second kappa shape index (κ2) is 10.0. The van der Waals surface area contributed by atoms with Crippen LogP contribution in [-0.4, -0.2) is 43.0 Å². The number of benzene rings is 2. The summed E-state index contributed by atoms with van der Waals surface area (Å²) in [6.07, 6.45) is 5.20. The molecule has 4 nitrogen and oxygen atoms in total. The lowest BCUT2D eigenvalue weighted by atomic mass is 10.2. The van der Waals surface area contributed by atoms with Gasteiger partial charge in [0.25, 0.3) is 5.91 Å². The fraction of sp³-hybridized carbons (Fsp3) is 0.304. The van der Waals surface area contributed by atoms with Crippen molar-refractivity contribution >= 4 is 50.3 Å². The first-order chi connectivity index (χ1) is 14.0. The van der Waals surface area contributed by atoms with E-state index in [1.54, 1.807) is 28.4 Å². The van der Waals surface area contributed by atoms with E-state index in [0.29, 0.717) is 11.6 Å². The summed E-state index contributed by atoms with van der Waals surface area (Å²) < 4.78 is 1.11. The number of aryl methyl sites for hydroxylation is 1. The Morgan fingerprint density at radius 1 is 1.17 bits per heavy atom. The van der Waals surface area contributed by atoms with Crippen molar-refractivity contribution in [2.24, 2.45) is 0 Å². The van der Waals surface area contributed by atoms with Gasteiger partial charge < -0.3 is 4.90 Å². The third kappa shape index (κ3) is 5.66. The molecule has 2 aromatic carbocycles. The molecule has 0 aliphatic rings. The lowest BCUT2D eigenvalue weighted by molar-refractivity contribution is -0.114. The van der Waals surface area contributed by atoms with Gasteiger partial charge in [0.1, 0.15) is 0 Å². The zero-order valence-corrected chi connectivity index (χ0v) is 18.6. The summed E-state index contributed by atoms with van der Waals surface area (Å²) in [5, 5.41) is 1.36. The first-order valence-corrected chi connectivity index (χ1v) is 11.0. The summed E-state index contributed by atoms with van der Waals surface area (Å²) in [6, 6.07) is 13.8. The third-order valence-electron chi connectivity index (χ3n) is 4.64. The van der Waals surface area contributed by atoms with Crippen LogP contribution in [0.25, 0.3) is 16.3 Å². The summed E-state index contributed by atoms with van der Waals surface area (Å²) in [5.74, 6) is -0.0848. The molecule has 1 heterocycles. The Kier molecular flexibility index (Phi) is 7.42. The van der Waals surface area contributed by atoms with Crippen LogP contribution in [0.3, 0.4) is 0 Å². The smallest absolute Gasteiger partial charge is 0.252 e. The number of aromatic nitrogens is 1. The molecule has 29 heavy (non-hydrogen) atoms.